The monoisotopic (exact) mass is 687 g/mol. The molecule has 1 aliphatic heterocycles. The second-order valence-electron chi connectivity index (χ2n) is 11.7. The van der Waals surface area contributed by atoms with Crippen LogP contribution < -0.4 is 15.0 Å². The summed E-state index contributed by atoms with van der Waals surface area (Å²) in [6.45, 7) is 4.70. The van der Waals surface area contributed by atoms with E-state index >= 15 is 0 Å². The molecule has 11 heteroatoms. The Kier molecular flexibility index (Phi) is 11.6. The number of ether oxygens (including phenoxy) is 2. The van der Waals surface area contributed by atoms with Crippen LogP contribution in [0.3, 0.4) is 0 Å². The van der Waals surface area contributed by atoms with Gasteiger partial charge < -0.3 is 19.7 Å². The van der Waals surface area contributed by atoms with Crippen LogP contribution in [0.1, 0.15) is 35.2 Å². The first-order chi connectivity index (χ1) is 22.1. The summed E-state index contributed by atoms with van der Waals surface area (Å²) in [4.78, 5) is 30.9. The lowest BCUT2D eigenvalue weighted by atomic mass is 9.90. The van der Waals surface area contributed by atoms with E-state index in [4.69, 9.17) is 44.3 Å². The van der Waals surface area contributed by atoms with Gasteiger partial charge in [0.2, 0.25) is 5.91 Å². The molecule has 1 heterocycles. The number of anilines is 1. The summed E-state index contributed by atoms with van der Waals surface area (Å²) < 4.78 is 23.5. The number of amides is 2. The minimum Gasteiger partial charge on any atom is -0.492 e. The Labute approximate surface area is 284 Å². The average molecular weight is 689 g/mol. The number of morpholine rings is 1. The number of carbonyl (C=O) groups excluding carboxylic acids is 2. The zero-order valence-electron chi connectivity index (χ0n) is 25.4. The van der Waals surface area contributed by atoms with Crippen molar-refractivity contribution >= 4 is 52.3 Å². The zero-order chi connectivity index (χ0) is 32.6. The largest absolute Gasteiger partial charge is 0.492 e. The smallest absolute Gasteiger partial charge is 0.258 e. The van der Waals surface area contributed by atoms with E-state index < -0.39 is 15.1 Å². The predicted molar refractivity (Wildman–Crippen MR) is 181 cm³/mol. The van der Waals surface area contributed by atoms with Crippen molar-refractivity contribution in [2.45, 2.75) is 35.0 Å². The molecule has 46 heavy (non-hydrogen) atoms. The summed E-state index contributed by atoms with van der Waals surface area (Å²) in [5, 5.41) is 3.12. The molecule has 5 rings (SSSR count). The van der Waals surface area contributed by atoms with Crippen molar-refractivity contribution in [3.8, 4) is 5.75 Å². The zero-order valence-corrected chi connectivity index (χ0v) is 27.7. The molecule has 1 saturated heterocycles. The molecule has 1 unspecified atom stereocenters. The molecule has 3 aromatic carbocycles. The summed E-state index contributed by atoms with van der Waals surface area (Å²) in [6, 6.07) is 22.8. The van der Waals surface area contributed by atoms with Crippen molar-refractivity contribution in [1.82, 2.24) is 10.2 Å². The fraction of sp³-hybridized carbons (Fsp3) is 0.371. The number of hydrogen-bond donors (Lipinski definition) is 1. The van der Waals surface area contributed by atoms with E-state index in [1.807, 2.05) is 60.7 Å². The van der Waals surface area contributed by atoms with Crippen molar-refractivity contribution in [1.29, 1.82) is 0 Å². The fourth-order valence-corrected chi connectivity index (χ4v) is 6.24. The number of nitrogens with zero attached hydrogens (tertiary/aromatic N) is 2. The number of rotatable bonds is 12. The highest BCUT2D eigenvalue weighted by Crippen LogP contribution is 2.35. The Morgan fingerprint density at radius 3 is 2.46 bits per heavy atom. The number of carbonyl (C=O) groups is 2. The van der Waals surface area contributed by atoms with Crippen LogP contribution >= 0.6 is 34.8 Å². The molecule has 2 amide bonds. The summed E-state index contributed by atoms with van der Waals surface area (Å²) in [7, 11) is 0. The molecule has 1 atom stereocenters. The molecule has 0 radical (unpaired) electrons. The van der Waals surface area contributed by atoms with Crippen molar-refractivity contribution < 1.29 is 23.5 Å². The van der Waals surface area contributed by atoms with Crippen LogP contribution in [0.2, 0.25) is 0 Å². The third-order valence-corrected chi connectivity index (χ3v) is 8.49. The molecule has 3 aromatic rings. The third-order valence-electron chi connectivity index (χ3n) is 8.09. The lowest BCUT2D eigenvalue weighted by Gasteiger charge is -2.30. The summed E-state index contributed by atoms with van der Waals surface area (Å²) >= 11 is 17.8. The van der Waals surface area contributed by atoms with E-state index in [0.717, 1.165) is 44.0 Å². The van der Waals surface area contributed by atoms with Crippen LogP contribution in [0.4, 0.5) is 10.1 Å². The van der Waals surface area contributed by atoms with E-state index in [9.17, 15) is 14.0 Å². The van der Waals surface area contributed by atoms with Crippen LogP contribution in [-0.4, -0.2) is 72.0 Å². The van der Waals surface area contributed by atoms with Crippen LogP contribution in [-0.2, 0) is 16.0 Å². The Morgan fingerprint density at radius 1 is 1.00 bits per heavy atom. The van der Waals surface area contributed by atoms with Gasteiger partial charge in [0.25, 0.3) is 5.91 Å². The number of hydrogen-bond acceptors (Lipinski definition) is 5. The highest BCUT2D eigenvalue weighted by molar-refractivity contribution is 6.68. The lowest BCUT2D eigenvalue weighted by molar-refractivity contribution is -0.122. The van der Waals surface area contributed by atoms with Gasteiger partial charge in [-0.2, -0.15) is 0 Å². The van der Waals surface area contributed by atoms with E-state index in [-0.39, 0.29) is 24.8 Å². The van der Waals surface area contributed by atoms with Crippen molar-refractivity contribution in [2.24, 2.45) is 0 Å². The fourth-order valence-electron chi connectivity index (χ4n) is 5.88. The third kappa shape index (κ3) is 9.93. The molecule has 7 nitrogen and oxygen atoms in total. The molecule has 1 aliphatic carbocycles. The quantitative estimate of drug-likeness (QED) is 0.168. The van der Waals surface area contributed by atoms with Gasteiger partial charge in [0.05, 0.1) is 25.2 Å². The molecule has 2 aliphatic rings. The minimum absolute atomic E-state index is 0.254. The summed E-state index contributed by atoms with van der Waals surface area (Å²) in [6.07, 6.45) is 3.51. The molecular formula is C35H37Cl3FN3O4. The van der Waals surface area contributed by atoms with E-state index in [0.29, 0.717) is 42.9 Å². The molecule has 0 bridgehead atoms. The molecule has 0 spiro atoms. The summed E-state index contributed by atoms with van der Waals surface area (Å²) in [5.74, 6) is -0.448. The van der Waals surface area contributed by atoms with Gasteiger partial charge in [0.1, 0.15) is 18.2 Å². The van der Waals surface area contributed by atoms with Crippen LogP contribution in [0.15, 0.2) is 90.5 Å². The van der Waals surface area contributed by atoms with Gasteiger partial charge in [-0.05, 0) is 61.2 Å². The van der Waals surface area contributed by atoms with E-state index in [1.54, 1.807) is 4.90 Å². The van der Waals surface area contributed by atoms with Crippen molar-refractivity contribution in [3.63, 3.8) is 0 Å². The van der Waals surface area contributed by atoms with Crippen LogP contribution in [0.25, 0.3) is 0 Å². The number of alkyl halides is 3. The number of benzene rings is 3. The molecule has 1 fully saturated rings. The molecule has 0 aromatic heterocycles. The topological polar surface area (TPSA) is 71.1 Å². The summed E-state index contributed by atoms with van der Waals surface area (Å²) in [5.41, 5.74) is 2.25. The van der Waals surface area contributed by atoms with Gasteiger partial charge in [0, 0.05) is 43.5 Å². The van der Waals surface area contributed by atoms with Gasteiger partial charge in [-0.15, -0.1) is 0 Å². The number of nitrogens with one attached hydrogen (secondary N) is 1. The van der Waals surface area contributed by atoms with E-state index in [1.165, 1.54) is 24.3 Å². The Bertz CT molecular complexity index is 1510. The van der Waals surface area contributed by atoms with Crippen molar-refractivity contribution in [3.05, 3.63) is 107 Å². The van der Waals surface area contributed by atoms with Gasteiger partial charge in [-0.1, -0.05) is 82.9 Å². The lowest BCUT2D eigenvalue weighted by Crippen LogP contribution is -2.48. The maximum atomic E-state index is 14.0. The highest BCUT2D eigenvalue weighted by Gasteiger charge is 2.37. The van der Waals surface area contributed by atoms with E-state index in [2.05, 4.69) is 10.2 Å². The first-order valence-corrected chi connectivity index (χ1v) is 16.4. The molecule has 0 saturated carbocycles. The number of halogens is 4. The van der Waals surface area contributed by atoms with Gasteiger partial charge in [0.15, 0.2) is 3.79 Å². The average Bonchev–Trinajstić information content (AvgIpc) is 3.41. The van der Waals surface area contributed by atoms with Crippen LogP contribution in [0.5, 0.6) is 5.75 Å². The molecular weight excluding hydrogens is 652 g/mol. The Morgan fingerprint density at radius 2 is 1.74 bits per heavy atom. The second kappa shape index (κ2) is 15.6. The second-order valence-corrected chi connectivity index (χ2v) is 14.2. The maximum absolute atomic E-state index is 14.0. The van der Waals surface area contributed by atoms with Gasteiger partial charge >= 0.3 is 0 Å². The molecule has 244 valence electrons. The van der Waals surface area contributed by atoms with Gasteiger partial charge in [-0.25, -0.2) is 4.39 Å². The SMILES string of the molecule is O=C(CC(Cl)(Cl)Cl)NC1(Cc2ccccc2)C=C(CN(C(=O)c2ccc(F)cc2)c2cccc(OCCN3CCOCC3)c2)CC1. The van der Waals surface area contributed by atoms with Gasteiger partial charge in [-0.3, -0.25) is 14.5 Å². The predicted octanol–water partition coefficient (Wildman–Crippen LogP) is 6.76. The molecule has 1 N–H and O–H groups in total. The normalized spacial score (nSPS) is 18.6. The minimum atomic E-state index is -1.73. The Hall–Kier alpha value is -3.14. The first-order valence-electron chi connectivity index (χ1n) is 15.3. The Balaban J connectivity index is 1.40. The maximum Gasteiger partial charge on any atom is 0.258 e. The standard InChI is InChI=1S/C35H37Cl3FN3O4/c36-35(37,38)24-32(43)40-34(22-26-5-2-1-3-6-26)14-13-27(23-34)25-42(33(44)28-9-11-29(39)12-10-28)30-7-4-8-31(21-30)46-20-17-41-15-18-45-19-16-41/h1-12,21,23H,13-20,22,24-25H2,(H,40,43). The highest BCUT2D eigenvalue weighted by atomic mass is 35.6. The van der Waals surface area contributed by atoms with Crippen molar-refractivity contribution in [2.75, 3.05) is 50.9 Å². The van der Waals surface area contributed by atoms with Crippen LogP contribution in [0, 0.1) is 5.82 Å². The first kappa shape index (κ1) is 34.2.